The lowest BCUT2D eigenvalue weighted by Gasteiger charge is -2.26. The van der Waals surface area contributed by atoms with Crippen LogP contribution in [0.15, 0.2) is 41.3 Å². The van der Waals surface area contributed by atoms with Gasteiger partial charge in [0.1, 0.15) is 5.75 Å². The predicted octanol–water partition coefficient (Wildman–Crippen LogP) is 5.23. The summed E-state index contributed by atoms with van der Waals surface area (Å²) in [6.07, 6.45) is 6.83. The standard InChI is InChI=1S/C17H18OS/c1-2-7-13(8-3-1)17-18-16-14-9-5-4-6-12(14)10-11-15(16)19-17/h4-6,9-11,13,17H,1-3,7-8H2. The Morgan fingerprint density at radius 3 is 2.68 bits per heavy atom. The molecule has 1 nitrogen and oxygen atoms in total. The second-order valence-corrected chi connectivity index (χ2v) is 6.76. The average molecular weight is 270 g/mol. The maximum absolute atomic E-state index is 6.32. The molecule has 0 N–H and O–H groups in total. The van der Waals surface area contributed by atoms with E-state index >= 15 is 0 Å². The van der Waals surface area contributed by atoms with Gasteiger partial charge in [-0.2, -0.15) is 0 Å². The summed E-state index contributed by atoms with van der Waals surface area (Å²) < 4.78 is 6.32. The van der Waals surface area contributed by atoms with Crippen molar-refractivity contribution in [3.63, 3.8) is 0 Å². The van der Waals surface area contributed by atoms with E-state index in [-0.39, 0.29) is 0 Å². The third kappa shape index (κ3) is 2.02. The van der Waals surface area contributed by atoms with E-state index < -0.39 is 0 Å². The molecule has 1 heterocycles. The molecule has 2 aromatic rings. The largest absolute Gasteiger partial charge is 0.477 e. The first kappa shape index (κ1) is 11.7. The number of fused-ring (bicyclic) bond motifs is 3. The Morgan fingerprint density at radius 1 is 0.947 bits per heavy atom. The number of hydrogen-bond acceptors (Lipinski definition) is 2. The molecular weight excluding hydrogens is 252 g/mol. The minimum Gasteiger partial charge on any atom is -0.477 e. The van der Waals surface area contributed by atoms with Gasteiger partial charge in [0.05, 0.1) is 4.90 Å². The Hall–Kier alpha value is -1.15. The molecule has 1 fully saturated rings. The molecule has 0 saturated heterocycles. The van der Waals surface area contributed by atoms with E-state index in [9.17, 15) is 0 Å². The highest BCUT2D eigenvalue weighted by Gasteiger charge is 2.32. The first-order valence-electron chi connectivity index (χ1n) is 7.27. The summed E-state index contributed by atoms with van der Waals surface area (Å²) in [6, 6.07) is 13.0. The molecule has 2 aromatic carbocycles. The number of benzene rings is 2. The molecule has 0 aromatic heterocycles. The quantitative estimate of drug-likeness (QED) is 0.701. The van der Waals surface area contributed by atoms with Crippen LogP contribution in [0.5, 0.6) is 5.75 Å². The van der Waals surface area contributed by atoms with Gasteiger partial charge in [0, 0.05) is 11.3 Å². The number of rotatable bonds is 1. The van der Waals surface area contributed by atoms with Gasteiger partial charge in [0.2, 0.25) is 0 Å². The lowest BCUT2D eigenvalue weighted by atomic mass is 9.90. The van der Waals surface area contributed by atoms with Gasteiger partial charge in [0.15, 0.2) is 5.44 Å². The molecule has 1 unspecified atom stereocenters. The Labute approximate surface area is 118 Å². The summed E-state index contributed by atoms with van der Waals surface area (Å²) in [5.41, 5.74) is 0.348. The van der Waals surface area contributed by atoms with Crippen LogP contribution in [0.4, 0.5) is 0 Å². The van der Waals surface area contributed by atoms with Crippen molar-refractivity contribution in [1.29, 1.82) is 0 Å². The molecular formula is C17H18OS. The fourth-order valence-corrected chi connectivity index (χ4v) is 4.57. The zero-order valence-electron chi connectivity index (χ0n) is 11.0. The van der Waals surface area contributed by atoms with Crippen LogP contribution in [0.3, 0.4) is 0 Å². The van der Waals surface area contributed by atoms with Crippen molar-refractivity contribution in [3.05, 3.63) is 36.4 Å². The molecule has 2 heteroatoms. The first-order valence-corrected chi connectivity index (χ1v) is 8.15. The van der Waals surface area contributed by atoms with Gasteiger partial charge in [-0.25, -0.2) is 0 Å². The van der Waals surface area contributed by atoms with Crippen LogP contribution >= 0.6 is 11.8 Å². The maximum atomic E-state index is 6.32. The fraction of sp³-hybridized carbons (Fsp3) is 0.412. The Morgan fingerprint density at radius 2 is 1.79 bits per heavy atom. The van der Waals surface area contributed by atoms with Crippen molar-refractivity contribution >= 4 is 22.5 Å². The predicted molar refractivity (Wildman–Crippen MR) is 80.8 cm³/mol. The van der Waals surface area contributed by atoms with Crippen molar-refractivity contribution in [2.24, 2.45) is 5.92 Å². The number of ether oxygens (including phenoxy) is 1. The maximum Gasteiger partial charge on any atom is 0.151 e. The molecule has 0 bridgehead atoms. The SMILES string of the molecule is c1ccc2c3c(ccc2c1)SC(C1CCCCC1)O3. The molecule has 1 aliphatic heterocycles. The number of hydrogen-bond donors (Lipinski definition) is 0. The Bertz CT molecular complexity index is 601. The second kappa shape index (κ2) is 4.75. The van der Waals surface area contributed by atoms with Gasteiger partial charge in [-0.05, 0) is 24.3 Å². The van der Waals surface area contributed by atoms with Crippen molar-refractivity contribution in [2.75, 3.05) is 0 Å². The van der Waals surface area contributed by atoms with Crippen LogP contribution in [0.25, 0.3) is 10.8 Å². The van der Waals surface area contributed by atoms with Crippen LogP contribution in [0.2, 0.25) is 0 Å². The van der Waals surface area contributed by atoms with Crippen LogP contribution in [0, 0.1) is 5.92 Å². The lowest BCUT2D eigenvalue weighted by Crippen LogP contribution is -2.22. The average Bonchev–Trinajstić information content (AvgIpc) is 2.93. The van der Waals surface area contributed by atoms with Gasteiger partial charge >= 0.3 is 0 Å². The highest BCUT2D eigenvalue weighted by Crippen LogP contribution is 2.49. The highest BCUT2D eigenvalue weighted by atomic mass is 32.2. The normalized spacial score (nSPS) is 23.3. The summed E-state index contributed by atoms with van der Waals surface area (Å²) >= 11 is 1.94. The Kier molecular flexibility index (Phi) is 2.92. The van der Waals surface area contributed by atoms with Gasteiger partial charge in [-0.1, -0.05) is 61.4 Å². The van der Waals surface area contributed by atoms with E-state index in [1.54, 1.807) is 0 Å². The first-order chi connectivity index (χ1) is 9.42. The fourth-order valence-electron chi connectivity index (χ4n) is 3.30. The third-order valence-corrected chi connectivity index (χ3v) is 5.64. The second-order valence-electron chi connectivity index (χ2n) is 5.62. The van der Waals surface area contributed by atoms with Crippen LogP contribution in [-0.2, 0) is 0 Å². The molecule has 4 rings (SSSR count). The summed E-state index contributed by atoms with van der Waals surface area (Å²) in [4.78, 5) is 1.33. The van der Waals surface area contributed by atoms with Crippen molar-refractivity contribution in [2.45, 2.75) is 42.4 Å². The van der Waals surface area contributed by atoms with Crippen LogP contribution in [0.1, 0.15) is 32.1 Å². The molecule has 19 heavy (non-hydrogen) atoms. The van der Waals surface area contributed by atoms with Gasteiger partial charge < -0.3 is 4.74 Å². The molecule has 2 aliphatic rings. The van der Waals surface area contributed by atoms with E-state index in [0.717, 1.165) is 11.7 Å². The van der Waals surface area contributed by atoms with Gasteiger partial charge in [-0.15, -0.1) is 0 Å². The molecule has 0 spiro atoms. The summed E-state index contributed by atoms with van der Waals surface area (Å²) in [5, 5.41) is 2.55. The van der Waals surface area contributed by atoms with E-state index in [0.29, 0.717) is 5.44 Å². The molecule has 1 aliphatic carbocycles. The third-order valence-electron chi connectivity index (χ3n) is 4.36. The zero-order valence-corrected chi connectivity index (χ0v) is 11.8. The summed E-state index contributed by atoms with van der Waals surface area (Å²) in [6.45, 7) is 0. The Balaban J connectivity index is 1.67. The smallest absolute Gasteiger partial charge is 0.151 e. The van der Waals surface area contributed by atoms with Crippen molar-refractivity contribution in [1.82, 2.24) is 0 Å². The molecule has 98 valence electrons. The summed E-state index contributed by atoms with van der Waals surface area (Å²) in [5.74, 6) is 1.86. The number of thioether (sulfide) groups is 1. The molecule has 0 amide bonds. The van der Waals surface area contributed by atoms with E-state index in [1.807, 2.05) is 11.8 Å². The van der Waals surface area contributed by atoms with Crippen molar-refractivity contribution < 1.29 is 4.74 Å². The molecule has 1 saturated carbocycles. The summed E-state index contributed by atoms with van der Waals surface area (Å²) in [7, 11) is 0. The zero-order chi connectivity index (χ0) is 12.7. The lowest BCUT2D eigenvalue weighted by molar-refractivity contribution is 0.187. The topological polar surface area (TPSA) is 9.23 Å². The van der Waals surface area contributed by atoms with E-state index in [2.05, 4.69) is 36.4 Å². The van der Waals surface area contributed by atoms with Crippen LogP contribution < -0.4 is 4.74 Å². The van der Waals surface area contributed by atoms with E-state index in [4.69, 9.17) is 4.74 Å². The van der Waals surface area contributed by atoms with E-state index in [1.165, 1.54) is 47.8 Å². The van der Waals surface area contributed by atoms with Crippen LogP contribution in [-0.4, -0.2) is 5.44 Å². The molecule has 1 atom stereocenters. The van der Waals surface area contributed by atoms with Crippen molar-refractivity contribution in [3.8, 4) is 5.75 Å². The van der Waals surface area contributed by atoms with Gasteiger partial charge in [0.25, 0.3) is 0 Å². The molecule has 0 radical (unpaired) electrons. The highest BCUT2D eigenvalue weighted by molar-refractivity contribution is 8.00. The minimum absolute atomic E-state index is 0.348. The monoisotopic (exact) mass is 270 g/mol. The van der Waals surface area contributed by atoms with Gasteiger partial charge in [-0.3, -0.25) is 0 Å². The minimum atomic E-state index is 0.348.